The molecule has 2 N–H and O–H groups in total. The third kappa shape index (κ3) is 4.12. The minimum Gasteiger partial charge on any atom is -0.451 e. The minimum absolute atomic E-state index is 0.00101. The fourth-order valence-electron chi connectivity index (χ4n) is 3.66. The highest BCUT2D eigenvalue weighted by molar-refractivity contribution is 7.91. The van der Waals surface area contributed by atoms with Gasteiger partial charge in [0.2, 0.25) is 0 Å². The van der Waals surface area contributed by atoms with Crippen molar-refractivity contribution in [2.24, 2.45) is 0 Å². The van der Waals surface area contributed by atoms with Crippen LogP contribution in [0.4, 0.5) is 5.82 Å². The molecule has 1 unspecified atom stereocenters. The molecule has 2 fully saturated rings. The van der Waals surface area contributed by atoms with E-state index in [1.165, 1.54) is 12.4 Å². The molecule has 1 aromatic rings. The van der Waals surface area contributed by atoms with Gasteiger partial charge in [0.1, 0.15) is 0 Å². The fraction of sp³-hybridized carbons (Fsp3) is 0.625. The van der Waals surface area contributed by atoms with Crippen molar-refractivity contribution < 1.29 is 22.7 Å². The van der Waals surface area contributed by atoms with Crippen molar-refractivity contribution in [2.45, 2.75) is 44.2 Å². The largest absolute Gasteiger partial charge is 0.451 e. The topological polar surface area (TPSA) is 133 Å². The maximum atomic E-state index is 12.7. The normalized spacial score (nSPS) is 22.2. The number of carbonyl (C=O) groups is 2. The van der Waals surface area contributed by atoms with Crippen LogP contribution < -0.4 is 5.73 Å². The van der Waals surface area contributed by atoms with Gasteiger partial charge in [-0.2, -0.15) is 0 Å². The Balaban J connectivity index is 1.68. The van der Waals surface area contributed by atoms with Crippen molar-refractivity contribution in [2.75, 3.05) is 23.8 Å². The second-order valence-electron chi connectivity index (χ2n) is 6.66. The molecule has 2 heterocycles. The van der Waals surface area contributed by atoms with Crippen LogP contribution in [0.2, 0.25) is 0 Å². The van der Waals surface area contributed by atoms with Crippen molar-refractivity contribution in [1.82, 2.24) is 14.9 Å². The number of sulfone groups is 1. The van der Waals surface area contributed by atoms with Gasteiger partial charge in [-0.3, -0.25) is 4.79 Å². The van der Waals surface area contributed by atoms with Crippen LogP contribution in [-0.4, -0.2) is 65.4 Å². The number of carbonyl (C=O) groups excluding carboxylic acids is 2. The third-order valence-corrected chi connectivity index (χ3v) is 6.60. The van der Waals surface area contributed by atoms with Gasteiger partial charge < -0.3 is 15.4 Å². The van der Waals surface area contributed by atoms with Crippen LogP contribution in [0.1, 0.15) is 42.6 Å². The number of hydrogen-bond donors (Lipinski definition) is 1. The zero-order chi connectivity index (χ0) is 18.7. The summed E-state index contributed by atoms with van der Waals surface area (Å²) in [5.74, 6) is -1.21. The van der Waals surface area contributed by atoms with Gasteiger partial charge in [0.05, 0.1) is 11.5 Å². The van der Waals surface area contributed by atoms with Crippen LogP contribution in [0.5, 0.6) is 0 Å². The molecule has 1 atom stereocenters. The lowest BCUT2D eigenvalue weighted by Gasteiger charge is -2.33. The summed E-state index contributed by atoms with van der Waals surface area (Å²) in [6.07, 6.45) is 6.77. The number of nitrogens with zero attached hydrogens (tertiary/aromatic N) is 3. The molecule has 26 heavy (non-hydrogen) atoms. The first-order valence-corrected chi connectivity index (χ1v) is 10.4. The van der Waals surface area contributed by atoms with Crippen LogP contribution in [-0.2, 0) is 19.4 Å². The number of nitrogens with two attached hydrogens (primary N) is 1. The Morgan fingerprint density at radius 3 is 2.46 bits per heavy atom. The molecular formula is C16H22N4O5S. The van der Waals surface area contributed by atoms with Crippen molar-refractivity contribution >= 4 is 27.5 Å². The number of aromatic nitrogens is 2. The predicted molar refractivity (Wildman–Crippen MR) is 92.9 cm³/mol. The van der Waals surface area contributed by atoms with E-state index in [2.05, 4.69) is 9.97 Å². The monoisotopic (exact) mass is 382 g/mol. The summed E-state index contributed by atoms with van der Waals surface area (Å²) < 4.78 is 28.7. The van der Waals surface area contributed by atoms with E-state index in [0.29, 0.717) is 6.42 Å². The van der Waals surface area contributed by atoms with E-state index < -0.39 is 22.4 Å². The van der Waals surface area contributed by atoms with Crippen LogP contribution >= 0.6 is 0 Å². The Kier molecular flexibility index (Phi) is 5.40. The highest BCUT2D eigenvalue weighted by Gasteiger charge is 2.39. The maximum absolute atomic E-state index is 12.7. The molecule has 1 saturated carbocycles. The van der Waals surface area contributed by atoms with E-state index in [0.717, 1.165) is 25.7 Å². The quantitative estimate of drug-likeness (QED) is 0.713. The lowest BCUT2D eigenvalue weighted by molar-refractivity contribution is -0.139. The van der Waals surface area contributed by atoms with Gasteiger partial charge >= 0.3 is 5.97 Å². The summed E-state index contributed by atoms with van der Waals surface area (Å²) in [7, 11) is -3.12. The van der Waals surface area contributed by atoms with Crippen molar-refractivity contribution in [3.05, 3.63) is 18.1 Å². The van der Waals surface area contributed by atoms with Crippen molar-refractivity contribution in [1.29, 1.82) is 0 Å². The molecule has 1 amide bonds. The van der Waals surface area contributed by atoms with E-state index in [1.54, 1.807) is 4.90 Å². The van der Waals surface area contributed by atoms with Crippen LogP contribution in [0.15, 0.2) is 12.4 Å². The third-order valence-electron chi connectivity index (χ3n) is 4.85. The Morgan fingerprint density at radius 1 is 1.15 bits per heavy atom. The van der Waals surface area contributed by atoms with Gasteiger partial charge in [-0.05, 0) is 19.3 Å². The van der Waals surface area contributed by atoms with Gasteiger partial charge in [0.25, 0.3) is 5.91 Å². The smallest absolute Gasteiger partial charge is 0.361 e. The molecule has 0 bridgehead atoms. The van der Waals surface area contributed by atoms with E-state index in [4.69, 9.17) is 10.5 Å². The molecule has 9 nitrogen and oxygen atoms in total. The van der Waals surface area contributed by atoms with Crippen LogP contribution in [0.25, 0.3) is 0 Å². The van der Waals surface area contributed by atoms with Crippen LogP contribution in [0, 0.1) is 0 Å². The van der Waals surface area contributed by atoms with Gasteiger partial charge in [0, 0.05) is 24.5 Å². The molecule has 10 heteroatoms. The molecule has 3 rings (SSSR count). The second-order valence-corrected chi connectivity index (χ2v) is 8.89. The summed E-state index contributed by atoms with van der Waals surface area (Å²) in [6, 6.07) is -0.350. The van der Waals surface area contributed by atoms with E-state index in [9.17, 15) is 18.0 Å². The Labute approximate surface area is 151 Å². The summed E-state index contributed by atoms with van der Waals surface area (Å²) >= 11 is 0. The molecule has 0 aromatic carbocycles. The van der Waals surface area contributed by atoms with Crippen molar-refractivity contribution in [3.63, 3.8) is 0 Å². The minimum atomic E-state index is -3.12. The standard InChI is InChI=1S/C16H22N4O5S/c17-15-14(18-6-7-19-15)16(22)25-9-13(21)20(11-3-1-2-4-11)12-5-8-26(23,24)10-12/h6-7,11-12H,1-5,8-10H2,(H2,17,19). The van der Waals surface area contributed by atoms with Gasteiger partial charge in [-0.25, -0.2) is 23.2 Å². The van der Waals surface area contributed by atoms with Gasteiger partial charge in [-0.1, -0.05) is 12.8 Å². The molecule has 1 aliphatic carbocycles. The fourth-order valence-corrected chi connectivity index (χ4v) is 5.37. The lowest BCUT2D eigenvalue weighted by atomic mass is 10.1. The van der Waals surface area contributed by atoms with E-state index >= 15 is 0 Å². The molecule has 0 spiro atoms. The number of amides is 1. The first-order chi connectivity index (χ1) is 12.4. The summed E-state index contributed by atoms with van der Waals surface area (Å²) in [5.41, 5.74) is 5.44. The summed E-state index contributed by atoms with van der Waals surface area (Å²) in [4.78, 5) is 34.0. The number of rotatable bonds is 5. The first-order valence-electron chi connectivity index (χ1n) is 8.62. The first kappa shape index (κ1) is 18.6. The zero-order valence-electron chi connectivity index (χ0n) is 14.3. The summed E-state index contributed by atoms with van der Waals surface area (Å²) in [6.45, 7) is -0.470. The van der Waals surface area contributed by atoms with Crippen LogP contribution in [0.3, 0.4) is 0 Å². The highest BCUT2D eigenvalue weighted by Crippen LogP contribution is 2.29. The highest BCUT2D eigenvalue weighted by atomic mass is 32.2. The molecule has 1 aliphatic heterocycles. The number of hydrogen-bond acceptors (Lipinski definition) is 8. The Bertz CT molecular complexity index is 792. The predicted octanol–water partition coefficient (Wildman–Crippen LogP) is 0.174. The number of anilines is 1. The lowest BCUT2D eigenvalue weighted by Crippen LogP contribution is -2.48. The molecule has 1 saturated heterocycles. The van der Waals surface area contributed by atoms with Crippen molar-refractivity contribution in [3.8, 4) is 0 Å². The average Bonchev–Trinajstić information content (AvgIpc) is 3.23. The summed E-state index contributed by atoms with van der Waals surface area (Å²) in [5, 5.41) is 0. The van der Waals surface area contributed by atoms with E-state index in [-0.39, 0.29) is 41.0 Å². The Morgan fingerprint density at radius 2 is 1.85 bits per heavy atom. The SMILES string of the molecule is Nc1nccnc1C(=O)OCC(=O)N(C1CCCC1)C1CCS(=O)(=O)C1. The zero-order valence-corrected chi connectivity index (χ0v) is 15.2. The molecule has 2 aliphatic rings. The number of ether oxygens (including phenoxy) is 1. The molecule has 142 valence electrons. The average molecular weight is 382 g/mol. The van der Waals surface area contributed by atoms with Gasteiger partial charge in [-0.15, -0.1) is 0 Å². The Hall–Kier alpha value is -2.23. The maximum Gasteiger partial charge on any atom is 0.361 e. The molecular weight excluding hydrogens is 360 g/mol. The molecule has 1 aromatic heterocycles. The number of esters is 1. The van der Waals surface area contributed by atoms with Gasteiger partial charge in [0.15, 0.2) is 28.0 Å². The number of nitrogen functional groups attached to an aromatic ring is 1. The second kappa shape index (κ2) is 7.56. The van der Waals surface area contributed by atoms with E-state index in [1.807, 2.05) is 0 Å². The molecule has 0 radical (unpaired) electrons.